The van der Waals surface area contributed by atoms with Crippen molar-refractivity contribution in [2.75, 3.05) is 0 Å². The smallest absolute Gasteiger partial charge is 0.226 e. The molecule has 2 N–H and O–H groups in total. The Bertz CT molecular complexity index is 339. The molecule has 4 heteroatoms. The van der Waals surface area contributed by atoms with E-state index in [1.54, 1.807) is 12.5 Å². The summed E-state index contributed by atoms with van der Waals surface area (Å²) >= 11 is 0. The van der Waals surface area contributed by atoms with E-state index in [1.165, 1.54) is 19.3 Å². The third-order valence-electron chi connectivity index (χ3n) is 3.50. The second kappa shape index (κ2) is 4.68. The van der Waals surface area contributed by atoms with Crippen LogP contribution < -0.4 is 5.32 Å². The van der Waals surface area contributed by atoms with E-state index in [0.29, 0.717) is 6.54 Å². The van der Waals surface area contributed by atoms with Gasteiger partial charge >= 0.3 is 0 Å². The average molecular weight is 221 g/mol. The minimum atomic E-state index is -0.154. The van der Waals surface area contributed by atoms with Crippen molar-refractivity contribution in [3.8, 4) is 0 Å². The molecule has 0 radical (unpaired) electrons. The van der Waals surface area contributed by atoms with Crippen molar-refractivity contribution in [3.05, 3.63) is 18.2 Å². The zero-order valence-electron chi connectivity index (χ0n) is 9.75. The number of nitrogens with one attached hydrogen (secondary N) is 2. The van der Waals surface area contributed by atoms with Crippen molar-refractivity contribution in [2.45, 2.75) is 45.6 Å². The molecule has 0 saturated heterocycles. The van der Waals surface area contributed by atoms with Crippen LogP contribution in [0.1, 0.15) is 44.7 Å². The lowest BCUT2D eigenvalue weighted by molar-refractivity contribution is -0.132. The fourth-order valence-corrected chi connectivity index (χ4v) is 2.33. The van der Waals surface area contributed by atoms with Crippen molar-refractivity contribution >= 4 is 5.91 Å². The Morgan fingerprint density at radius 1 is 1.50 bits per heavy atom. The first-order chi connectivity index (χ1) is 7.71. The van der Waals surface area contributed by atoms with E-state index in [9.17, 15) is 4.79 Å². The van der Waals surface area contributed by atoms with E-state index < -0.39 is 0 Å². The first kappa shape index (κ1) is 11.2. The Morgan fingerprint density at radius 3 is 2.88 bits per heavy atom. The highest BCUT2D eigenvalue weighted by Gasteiger charge is 2.34. The second-order valence-corrected chi connectivity index (χ2v) is 4.88. The largest absolute Gasteiger partial charge is 0.350 e. The first-order valence-electron chi connectivity index (χ1n) is 5.96. The summed E-state index contributed by atoms with van der Waals surface area (Å²) in [5.41, 5.74) is 0.797. The summed E-state index contributed by atoms with van der Waals surface area (Å²) in [6.45, 7) is 2.63. The van der Waals surface area contributed by atoms with Gasteiger partial charge in [-0.3, -0.25) is 4.79 Å². The van der Waals surface area contributed by atoms with Gasteiger partial charge in [0, 0.05) is 11.6 Å². The number of H-pyrrole nitrogens is 1. The van der Waals surface area contributed by atoms with E-state index in [4.69, 9.17) is 0 Å². The molecule has 1 aromatic heterocycles. The molecule has 1 aromatic rings. The number of carbonyl (C=O) groups is 1. The van der Waals surface area contributed by atoms with Crippen LogP contribution >= 0.6 is 0 Å². The van der Waals surface area contributed by atoms with Crippen LogP contribution in [0.5, 0.6) is 0 Å². The standard InChI is InChI=1S/C12H19N3O/c1-12(5-3-2-4-6-12)11(16)14-8-10-7-13-9-15-10/h7,9H,2-6,8H2,1H3,(H,13,15)(H,14,16). The molecular formula is C12H19N3O. The first-order valence-corrected chi connectivity index (χ1v) is 5.96. The van der Waals surface area contributed by atoms with Crippen LogP contribution in [0.25, 0.3) is 0 Å². The number of imidazole rings is 1. The molecule has 1 aliphatic carbocycles. The van der Waals surface area contributed by atoms with Crippen molar-refractivity contribution < 1.29 is 4.79 Å². The van der Waals surface area contributed by atoms with Crippen molar-refractivity contribution in [2.24, 2.45) is 5.41 Å². The van der Waals surface area contributed by atoms with Crippen LogP contribution in [-0.2, 0) is 11.3 Å². The summed E-state index contributed by atoms with van der Waals surface area (Å²) in [6, 6.07) is 0. The zero-order valence-corrected chi connectivity index (χ0v) is 9.75. The molecule has 88 valence electrons. The molecule has 0 unspecified atom stereocenters. The van der Waals surface area contributed by atoms with Crippen LogP contribution in [0.4, 0.5) is 0 Å². The zero-order chi connectivity index (χ0) is 11.4. The number of carbonyl (C=O) groups excluding carboxylic acids is 1. The van der Waals surface area contributed by atoms with E-state index in [2.05, 4.69) is 22.2 Å². The van der Waals surface area contributed by atoms with Gasteiger partial charge in [-0.25, -0.2) is 4.98 Å². The Hall–Kier alpha value is -1.32. The fourth-order valence-electron chi connectivity index (χ4n) is 2.33. The number of aromatic nitrogens is 2. The van der Waals surface area contributed by atoms with Gasteiger partial charge < -0.3 is 10.3 Å². The Morgan fingerprint density at radius 2 is 2.25 bits per heavy atom. The van der Waals surface area contributed by atoms with Crippen LogP contribution in [-0.4, -0.2) is 15.9 Å². The number of rotatable bonds is 3. The summed E-state index contributed by atoms with van der Waals surface area (Å²) in [6.07, 6.45) is 9.02. The minimum Gasteiger partial charge on any atom is -0.350 e. The molecule has 1 amide bonds. The lowest BCUT2D eigenvalue weighted by Crippen LogP contribution is -2.39. The molecule has 0 aliphatic heterocycles. The molecule has 0 atom stereocenters. The summed E-state index contributed by atoms with van der Waals surface area (Å²) in [5.74, 6) is 0.182. The predicted molar refractivity (Wildman–Crippen MR) is 61.6 cm³/mol. The van der Waals surface area contributed by atoms with Gasteiger partial charge in [0.25, 0.3) is 0 Å². The normalized spacial score (nSPS) is 19.3. The van der Waals surface area contributed by atoms with Crippen LogP contribution in [0.3, 0.4) is 0 Å². The van der Waals surface area contributed by atoms with Crippen LogP contribution in [0, 0.1) is 5.41 Å². The number of nitrogens with zero attached hydrogens (tertiary/aromatic N) is 1. The Labute approximate surface area is 95.9 Å². The molecule has 4 nitrogen and oxygen atoms in total. The fraction of sp³-hybridized carbons (Fsp3) is 0.667. The molecule has 0 aromatic carbocycles. The monoisotopic (exact) mass is 221 g/mol. The maximum atomic E-state index is 12.1. The van der Waals surface area contributed by atoms with E-state index in [0.717, 1.165) is 18.5 Å². The molecule has 0 spiro atoms. The van der Waals surface area contributed by atoms with E-state index >= 15 is 0 Å². The third kappa shape index (κ3) is 2.43. The second-order valence-electron chi connectivity index (χ2n) is 4.88. The highest BCUT2D eigenvalue weighted by Crippen LogP contribution is 2.35. The van der Waals surface area contributed by atoms with Gasteiger partial charge in [-0.1, -0.05) is 26.2 Å². The van der Waals surface area contributed by atoms with Gasteiger partial charge in [0.1, 0.15) is 0 Å². The summed E-state index contributed by atoms with van der Waals surface area (Å²) < 4.78 is 0. The summed E-state index contributed by atoms with van der Waals surface area (Å²) in [4.78, 5) is 19.0. The van der Waals surface area contributed by atoms with Gasteiger partial charge in [-0.05, 0) is 12.8 Å². The highest BCUT2D eigenvalue weighted by atomic mass is 16.2. The third-order valence-corrected chi connectivity index (χ3v) is 3.50. The highest BCUT2D eigenvalue weighted by molar-refractivity contribution is 5.82. The lowest BCUT2D eigenvalue weighted by Gasteiger charge is -2.31. The predicted octanol–water partition coefficient (Wildman–Crippen LogP) is 2.00. The van der Waals surface area contributed by atoms with Gasteiger partial charge in [-0.2, -0.15) is 0 Å². The Kier molecular flexibility index (Phi) is 3.27. The quantitative estimate of drug-likeness (QED) is 0.820. The molecule has 0 bridgehead atoms. The molecule has 1 aliphatic rings. The Balaban J connectivity index is 1.87. The number of hydrogen-bond donors (Lipinski definition) is 2. The minimum absolute atomic E-state index is 0.154. The van der Waals surface area contributed by atoms with Gasteiger partial charge in [0.15, 0.2) is 0 Å². The van der Waals surface area contributed by atoms with Gasteiger partial charge in [0.05, 0.1) is 18.6 Å². The van der Waals surface area contributed by atoms with Gasteiger partial charge in [0.2, 0.25) is 5.91 Å². The van der Waals surface area contributed by atoms with Crippen molar-refractivity contribution in [1.29, 1.82) is 0 Å². The molecule has 16 heavy (non-hydrogen) atoms. The average Bonchev–Trinajstić information content (AvgIpc) is 2.79. The van der Waals surface area contributed by atoms with Crippen LogP contribution in [0.15, 0.2) is 12.5 Å². The van der Waals surface area contributed by atoms with E-state index in [1.807, 2.05) is 0 Å². The van der Waals surface area contributed by atoms with Crippen LogP contribution in [0.2, 0.25) is 0 Å². The molecule has 1 saturated carbocycles. The van der Waals surface area contributed by atoms with Gasteiger partial charge in [-0.15, -0.1) is 0 Å². The van der Waals surface area contributed by atoms with Crippen molar-refractivity contribution in [1.82, 2.24) is 15.3 Å². The summed E-state index contributed by atoms with van der Waals surface area (Å²) in [7, 11) is 0. The maximum absolute atomic E-state index is 12.1. The molecule has 1 fully saturated rings. The van der Waals surface area contributed by atoms with E-state index in [-0.39, 0.29) is 11.3 Å². The topological polar surface area (TPSA) is 57.8 Å². The number of aromatic amines is 1. The molecular weight excluding hydrogens is 202 g/mol. The van der Waals surface area contributed by atoms with Crippen molar-refractivity contribution in [3.63, 3.8) is 0 Å². The maximum Gasteiger partial charge on any atom is 0.226 e. The molecule has 1 heterocycles. The number of hydrogen-bond acceptors (Lipinski definition) is 2. The molecule has 2 rings (SSSR count). The summed E-state index contributed by atoms with van der Waals surface area (Å²) in [5, 5.41) is 2.99. The lowest BCUT2D eigenvalue weighted by atomic mass is 9.75. The SMILES string of the molecule is CC1(C(=O)NCc2cnc[nH]2)CCCCC1. The number of amides is 1.